The number of hydrogen-bond donors (Lipinski definition) is 1. The molecule has 1 rings (SSSR count). The zero-order valence-corrected chi connectivity index (χ0v) is 8.51. The number of phenols is 1. The molecule has 0 spiro atoms. The van der Waals surface area contributed by atoms with Crippen molar-refractivity contribution in [3.63, 3.8) is 0 Å². The third-order valence-electron chi connectivity index (χ3n) is 1.84. The van der Waals surface area contributed by atoms with Gasteiger partial charge < -0.3 is 9.84 Å². The first-order valence-corrected chi connectivity index (χ1v) is 4.49. The van der Waals surface area contributed by atoms with E-state index in [0.29, 0.717) is 29.2 Å². The second-order valence-corrected chi connectivity index (χ2v) is 3.21. The predicted molar refractivity (Wildman–Crippen MR) is 53.6 cm³/mol. The molecule has 1 aromatic rings. The Labute approximate surface area is 87.5 Å². The molecule has 0 fully saturated rings. The molecule has 1 N–H and O–H groups in total. The van der Waals surface area contributed by atoms with Crippen LogP contribution in [0.15, 0.2) is 12.1 Å². The summed E-state index contributed by atoms with van der Waals surface area (Å²) in [4.78, 5) is 0. The molecule has 0 aliphatic heterocycles. The molecular weight excluding hydrogens is 202 g/mol. The van der Waals surface area contributed by atoms with Crippen LogP contribution in [0.3, 0.4) is 0 Å². The van der Waals surface area contributed by atoms with E-state index in [2.05, 4.69) is 0 Å². The summed E-state index contributed by atoms with van der Waals surface area (Å²) in [5.41, 5.74) is 0.635. The Morgan fingerprint density at radius 2 is 2.29 bits per heavy atom. The van der Waals surface area contributed by atoms with Crippen LogP contribution in [-0.2, 0) is 6.42 Å². The molecule has 0 saturated heterocycles. The van der Waals surface area contributed by atoms with Gasteiger partial charge in [0, 0.05) is 23.1 Å². The molecule has 74 valence electrons. The minimum atomic E-state index is 0.0622. The molecule has 0 heterocycles. The van der Waals surface area contributed by atoms with Gasteiger partial charge in [0.25, 0.3) is 0 Å². The molecule has 0 aliphatic rings. The zero-order valence-electron chi connectivity index (χ0n) is 7.75. The summed E-state index contributed by atoms with van der Waals surface area (Å²) in [6.45, 7) is 0. The summed E-state index contributed by atoms with van der Waals surface area (Å²) in [6.07, 6.45) is 0.816. The fourth-order valence-electron chi connectivity index (χ4n) is 1.17. The summed E-state index contributed by atoms with van der Waals surface area (Å²) in [6, 6.07) is 5.18. The van der Waals surface area contributed by atoms with Gasteiger partial charge in [-0.3, -0.25) is 0 Å². The Morgan fingerprint density at radius 1 is 1.57 bits per heavy atom. The topological polar surface area (TPSA) is 53.2 Å². The summed E-state index contributed by atoms with van der Waals surface area (Å²) in [7, 11) is 1.46. The van der Waals surface area contributed by atoms with E-state index in [4.69, 9.17) is 21.6 Å². The number of nitrogens with zero attached hydrogens (tertiary/aromatic N) is 1. The van der Waals surface area contributed by atoms with Gasteiger partial charge in [0.2, 0.25) is 0 Å². The monoisotopic (exact) mass is 211 g/mol. The number of aromatic hydroxyl groups is 1. The molecule has 0 amide bonds. The van der Waals surface area contributed by atoms with Gasteiger partial charge in [-0.05, 0) is 12.5 Å². The highest BCUT2D eigenvalue weighted by Crippen LogP contribution is 2.33. The third kappa shape index (κ3) is 2.30. The number of hydrogen-bond acceptors (Lipinski definition) is 3. The lowest BCUT2D eigenvalue weighted by molar-refractivity contribution is 0.370. The number of phenolic OH excluding ortho intramolecular Hbond substituents is 1. The lowest BCUT2D eigenvalue weighted by Crippen LogP contribution is -1.90. The van der Waals surface area contributed by atoms with Crippen LogP contribution in [0.5, 0.6) is 11.5 Å². The molecule has 0 saturated carbocycles. The summed E-state index contributed by atoms with van der Waals surface area (Å²) in [5.74, 6) is 0.401. The van der Waals surface area contributed by atoms with E-state index in [-0.39, 0.29) is 5.75 Å². The van der Waals surface area contributed by atoms with Gasteiger partial charge in [-0.25, -0.2) is 0 Å². The molecular formula is C10H10ClNO2. The number of ether oxygens (including phenoxy) is 1. The maximum absolute atomic E-state index is 9.65. The van der Waals surface area contributed by atoms with Crippen LogP contribution in [-0.4, -0.2) is 12.2 Å². The highest BCUT2D eigenvalue weighted by molar-refractivity contribution is 6.30. The quantitative estimate of drug-likeness (QED) is 0.836. The molecule has 1 aromatic carbocycles. The van der Waals surface area contributed by atoms with Crippen LogP contribution in [0.2, 0.25) is 5.02 Å². The van der Waals surface area contributed by atoms with Crippen molar-refractivity contribution in [1.82, 2.24) is 0 Å². The van der Waals surface area contributed by atoms with E-state index < -0.39 is 0 Å². The molecule has 14 heavy (non-hydrogen) atoms. The van der Waals surface area contributed by atoms with Crippen LogP contribution in [0, 0.1) is 11.3 Å². The third-order valence-corrected chi connectivity index (χ3v) is 2.06. The van der Waals surface area contributed by atoms with Gasteiger partial charge in [-0.2, -0.15) is 5.26 Å². The average molecular weight is 212 g/mol. The minimum absolute atomic E-state index is 0.0622. The van der Waals surface area contributed by atoms with Crippen molar-refractivity contribution in [2.75, 3.05) is 7.11 Å². The highest BCUT2D eigenvalue weighted by atomic mass is 35.5. The number of nitriles is 1. The number of rotatable bonds is 3. The summed E-state index contributed by atoms with van der Waals surface area (Å²) >= 11 is 5.81. The fraction of sp³-hybridized carbons (Fsp3) is 0.300. The number of benzene rings is 1. The van der Waals surface area contributed by atoms with E-state index in [9.17, 15) is 5.11 Å². The van der Waals surface area contributed by atoms with Crippen LogP contribution in [0.1, 0.15) is 12.0 Å². The van der Waals surface area contributed by atoms with Gasteiger partial charge >= 0.3 is 0 Å². The first kappa shape index (κ1) is 10.7. The molecule has 4 heteroatoms. The van der Waals surface area contributed by atoms with Crippen molar-refractivity contribution in [2.24, 2.45) is 0 Å². The highest BCUT2D eigenvalue weighted by Gasteiger charge is 2.09. The molecule has 0 atom stereocenters. The smallest absolute Gasteiger partial charge is 0.162 e. The van der Waals surface area contributed by atoms with Crippen molar-refractivity contribution in [3.8, 4) is 17.6 Å². The average Bonchev–Trinajstić information content (AvgIpc) is 2.18. The summed E-state index contributed by atoms with van der Waals surface area (Å²) in [5, 5.41) is 18.6. The second kappa shape index (κ2) is 4.73. The van der Waals surface area contributed by atoms with E-state index in [1.807, 2.05) is 6.07 Å². The SMILES string of the molecule is COc1cc(Cl)cc(CCC#N)c1O. The first-order valence-electron chi connectivity index (χ1n) is 4.11. The number of methoxy groups -OCH3 is 1. The lowest BCUT2D eigenvalue weighted by atomic mass is 10.1. The fourth-order valence-corrected chi connectivity index (χ4v) is 1.40. The van der Waals surface area contributed by atoms with Crippen molar-refractivity contribution in [1.29, 1.82) is 5.26 Å². The van der Waals surface area contributed by atoms with Crippen molar-refractivity contribution >= 4 is 11.6 Å². The van der Waals surface area contributed by atoms with E-state index in [1.54, 1.807) is 6.07 Å². The molecule has 0 unspecified atom stereocenters. The van der Waals surface area contributed by atoms with Gasteiger partial charge in [-0.1, -0.05) is 11.6 Å². The number of aryl methyl sites for hydroxylation is 1. The largest absolute Gasteiger partial charge is 0.504 e. The maximum Gasteiger partial charge on any atom is 0.162 e. The Balaban J connectivity index is 3.04. The number of halogens is 1. The van der Waals surface area contributed by atoms with E-state index in [0.717, 1.165) is 0 Å². The van der Waals surface area contributed by atoms with Gasteiger partial charge in [0.1, 0.15) is 0 Å². The van der Waals surface area contributed by atoms with Crippen LogP contribution >= 0.6 is 11.6 Å². The maximum atomic E-state index is 9.65. The molecule has 3 nitrogen and oxygen atoms in total. The summed E-state index contributed by atoms with van der Waals surface area (Å²) < 4.78 is 4.93. The molecule has 0 bridgehead atoms. The van der Waals surface area contributed by atoms with Crippen molar-refractivity contribution < 1.29 is 9.84 Å². The van der Waals surface area contributed by atoms with Gasteiger partial charge in [0.15, 0.2) is 11.5 Å². The van der Waals surface area contributed by atoms with Crippen LogP contribution in [0.25, 0.3) is 0 Å². The van der Waals surface area contributed by atoms with Gasteiger partial charge in [-0.15, -0.1) is 0 Å². The second-order valence-electron chi connectivity index (χ2n) is 2.77. The predicted octanol–water partition coefficient (Wildman–Crippen LogP) is 2.51. The molecule has 0 aliphatic carbocycles. The van der Waals surface area contributed by atoms with Crippen LogP contribution < -0.4 is 4.74 Å². The lowest BCUT2D eigenvalue weighted by Gasteiger charge is -2.08. The van der Waals surface area contributed by atoms with E-state index in [1.165, 1.54) is 13.2 Å². The van der Waals surface area contributed by atoms with Crippen LogP contribution in [0.4, 0.5) is 0 Å². The Bertz CT molecular complexity index is 371. The normalized spacial score (nSPS) is 9.50. The Hall–Kier alpha value is -1.40. The zero-order chi connectivity index (χ0) is 10.6. The minimum Gasteiger partial charge on any atom is -0.504 e. The van der Waals surface area contributed by atoms with Gasteiger partial charge in [0.05, 0.1) is 13.2 Å². The first-order chi connectivity index (χ1) is 6.69. The molecule has 0 aromatic heterocycles. The standard InChI is InChI=1S/C10H10ClNO2/c1-14-9-6-8(11)5-7(10(9)13)3-2-4-12/h5-6,13H,2-3H2,1H3. The van der Waals surface area contributed by atoms with Crippen molar-refractivity contribution in [2.45, 2.75) is 12.8 Å². The van der Waals surface area contributed by atoms with E-state index >= 15 is 0 Å². The molecule has 0 radical (unpaired) electrons. The Morgan fingerprint density at radius 3 is 2.86 bits per heavy atom. The van der Waals surface area contributed by atoms with Crippen molar-refractivity contribution in [3.05, 3.63) is 22.7 Å². The Kier molecular flexibility index (Phi) is 3.61.